The van der Waals surface area contributed by atoms with Crippen LogP contribution in [0.2, 0.25) is 0 Å². The van der Waals surface area contributed by atoms with E-state index in [2.05, 4.69) is 5.10 Å². The number of aromatic hydroxyl groups is 1. The Hall–Kier alpha value is -4.16. The molecule has 3 heterocycles. The quantitative estimate of drug-likeness (QED) is 0.362. The number of rotatable bonds is 9. The number of hydrogen-bond acceptors (Lipinski definition) is 9. The number of amides is 1. The van der Waals surface area contributed by atoms with Crippen molar-refractivity contribution in [2.75, 3.05) is 19.7 Å². The van der Waals surface area contributed by atoms with Crippen LogP contribution in [0.25, 0.3) is 6.08 Å². The van der Waals surface area contributed by atoms with Crippen LogP contribution < -0.4 is 0 Å². The molecule has 1 aliphatic carbocycles. The number of carbonyl (C=O) groups excluding carboxylic acids is 2. The largest absolute Gasteiger partial charge is 0.507 e. The number of hydrazone groups is 1. The molecule has 1 N–H and O–H groups in total. The molecule has 2 unspecified atom stereocenters. The average molecular weight is 582 g/mol. The molecule has 1 amide bonds. The lowest BCUT2D eigenvalue weighted by molar-refractivity contribution is -0.137. The van der Waals surface area contributed by atoms with Crippen molar-refractivity contribution in [3.05, 3.63) is 77.6 Å². The van der Waals surface area contributed by atoms with Crippen molar-refractivity contribution >= 4 is 33.7 Å². The van der Waals surface area contributed by atoms with Gasteiger partial charge in [-0.05, 0) is 73.4 Å². The molecule has 3 aromatic rings. The average Bonchev–Trinajstić information content (AvgIpc) is 3.74. The van der Waals surface area contributed by atoms with Crippen LogP contribution in [0.1, 0.15) is 61.0 Å². The highest BCUT2D eigenvalue weighted by molar-refractivity contribution is 7.89. The Kier molecular flexibility index (Phi) is 8.13. The van der Waals surface area contributed by atoms with Crippen LogP contribution in [0.4, 0.5) is 0 Å². The highest BCUT2D eigenvalue weighted by Crippen LogP contribution is 2.44. The Balaban J connectivity index is 1.37. The molecule has 1 saturated carbocycles. The lowest BCUT2D eigenvalue weighted by atomic mass is 9.79. The van der Waals surface area contributed by atoms with Crippen LogP contribution >= 0.6 is 0 Å². The fourth-order valence-corrected chi connectivity index (χ4v) is 6.80. The molecule has 1 aliphatic heterocycles. The first-order valence-corrected chi connectivity index (χ1v) is 14.9. The van der Waals surface area contributed by atoms with E-state index in [0.717, 1.165) is 42.7 Å². The standard InChI is InChI=1S/C29H31N3O8S/c1-3-31(4-2)41(36,37)21-12-13-24(33)23(17-21)29(35)40-18-26(34)32-28(25-11-7-15-39-25)22-10-5-8-19(27(22)30-32)16-20-9-6-14-38-20/h6-7,9,11-17,22,28,33H,3-5,8,10,18H2,1-2H3. The monoisotopic (exact) mass is 581 g/mol. The first kappa shape index (κ1) is 28.4. The van der Waals surface area contributed by atoms with Crippen molar-refractivity contribution in [3.8, 4) is 5.75 Å². The number of allylic oxidation sites excluding steroid dienone is 1. The fourth-order valence-electron chi connectivity index (χ4n) is 5.31. The lowest BCUT2D eigenvalue weighted by Gasteiger charge is -2.27. The summed E-state index contributed by atoms with van der Waals surface area (Å²) in [6, 6.07) is 10.0. The topological polar surface area (TPSA) is 143 Å². The second kappa shape index (κ2) is 11.8. The molecule has 0 bridgehead atoms. The van der Waals surface area contributed by atoms with E-state index in [1.54, 1.807) is 38.3 Å². The van der Waals surface area contributed by atoms with Crippen molar-refractivity contribution in [2.24, 2.45) is 11.0 Å². The first-order valence-electron chi connectivity index (χ1n) is 13.4. The van der Waals surface area contributed by atoms with Gasteiger partial charge in [0, 0.05) is 19.0 Å². The Labute approximate surface area is 237 Å². The number of fused-ring (bicyclic) bond motifs is 1. The van der Waals surface area contributed by atoms with Gasteiger partial charge in [0.1, 0.15) is 28.9 Å². The van der Waals surface area contributed by atoms with E-state index < -0.39 is 40.3 Å². The Morgan fingerprint density at radius 2 is 1.90 bits per heavy atom. The molecule has 11 nitrogen and oxygen atoms in total. The third-order valence-corrected chi connectivity index (χ3v) is 9.36. The van der Waals surface area contributed by atoms with Crippen molar-refractivity contribution in [3.63, 3.8) is 0 Å². The van der Waals surface area contributed by atoms with Crippen molar-refractivity contribution < 1.29 is 36.7 Å². The summed E-state index contributed by atoms with van der Waals surface area (Å²) < 4.78 is 43.5. The maximum Gasteiger partial charge on any atom is 0.342 e. The minimum Gasteiger partial charge on any atom is -0.507 e. The minimum atomic E-state index is -3.89. The zero-order chi connectivity index (χ0) is 29.1. The third-order valence-electron chi connectivity index (χ3n) is 7.31. The van der Waals surface area contributed by atoms with E-state index in [-0.39, 0.29) is 29.5 Å². The highest BCUT2D eigenvalue weighted by Gasteiger charge is 2.45. The Morgan fingerprint density at radius 1 is 1.15 bits per heavy atom. The van der Waals surface area contributed by atoms with Crippen molar-refractivity contribution in [1.29, 1.82) is 0 Å². The van der Waals surface area contributed by atoms with Gasteiger partial charge in [-0.1, -0.05) is 13.8 Å². The number of phenols is 1. The van der Waals surface area contributed by atoms with Gasteiger partial charge < -0.3 is 18.7 Å². The van der Waals surface area contributed by atoms with Gasteiger partial charge in [-0.3, -0.25) is 4.79 Å². The molecule has 2 aromatic heterocycles. The van der Waals surface area contributed by atoms with Gasteiger partial charge >= 0.3 is 5.97 Å². The van der Waals surface area contributed by atoms with Crippen LogP contribution in [0.3, 0.4) is 0 Å². The first-order chi connectivity index (χ1) is 19.7. The number of ether oxygens (including phenoxy) is 1. The summed E-state index contributed by atoms with van der Waals surface area (Å²) in [5, 5.41) is 16.2. The summed E-state index contributed by atoms with van der Waals surface area (Å²) in [5.74, 6) is -0.979. The third kappa shape index (κ3) is 5.57. The molecular formula is C29H31N3O8S. The summed E-state index contributed by atoms with van der Waals surface area (Å²) in [4.78, 5) is 26.2. The summed E-state index contributed by atoms with van der Waals surface area (Å²) in [5.41, 5.74) is 1.34. The van der Waals surface area contributed by atoms with Crippen LogP contribution in [0.15, 0.2) is 79.4 Å². The van der Waals surface area contributed by atoms with Crippen molar-refractivity contribution in [2.45, 2.75) is 44.0 Å². The number of hydrogen-bond donors (Lipinski definition) is 1. The van der Waals surface area contributed by atoms with Crippen molar-refractivity contribution in [1.82, 2.24) is 9.31 Å². The maximum absolute atomic E-state index is 13.4. The Bertz CT molecular complexity index is 1570. The smallest absolute Gasteiger partial charge is 0.342 e. The Morgan fingerprint density at radius 3 is 2.59 bits per heavy atom. The SMILES string of the molecule is CCN(CC)S(=O)(=O)c1ccc(O)c(C(=O)OCC(=O)N2N=C3C(=Cc4ccco4)CCCC3C2c2ccco2)c1. The van der Waals surface area contributed by atoms with Gasteiger partial charge in [0.15, 0.2) is 6.61 Å². The van der Waals surface area contributed by atoms with Gasteiger partial charge in [-0.15, -0.1) is 0 Å². The molecule has 12 heteroatoms. The molecule has 0 radical (unpaired) electrons. The molecule has 41 heavy (non-hydrogen) atoms. The summed E-state index contributed by atoms with van der Waals surface area (Å²) in [6.45, 7) is 3.20. The molecule has 2 atom stereocenters. The van der Waals surface area contributed by atoms with Gasteiger partial charge in [0.25, 0.3) is 5.91 Å². The number of phenolic OH excluding ortho intramolecular Hbond substituents is 1. The molecule has 5 rings (SSSR count). The van der Waals surface area contributed by atoms with Crippen LogP contribution in [-0.4, -0.2) is 60.1 Å². The van der Waals surface area contributed by atoms with E-state index in [1.165, 1.54) is 21.6 Å². The van der Waals surface area contributed by atoms with Crippen LogP contribution in [0, 0.1) is 5.92 Å². The lowest BCUT2D eigenvalue weighted by Crippen LogP contribution is -2.34. The van der Waals surface area contributed by atoms with Gasteiger partial charge in [-0.2, -0.15) is 9.41 Å². The molecule has 2 aliphatic rings. The predicted molar refractivity (Wildman–Crippen MR) is 148 cm³/mol. The minimum absolute atomic E-state index is 0.123. The molecule has 216 valence electrons. The molecule has 0 spiro atoms. The van der Waals surface area contributed by atoms with Gasteiger partial charge in [-0.25, -0.2) is 18.2 Å². The van der Waals surface area contributed by atoms with Gasteiger partial charge in [0.2, 0.25) is 10.0 Å². The van der Waals surface area contributed by atoms with E-state index in [4.69, 9.17) is 13.6 Å². The number of carbonyl (C=O) groups is 2. The maximum atomic E-state index is 13.4. The van der Waals surface area contributed by atoms with E-state index in [9.17, 15) is 23.1 Å². The summed E-state index contributed by atoms with van der Waals surface area (Å²) >= 11 is 0. The number of nitrogens with zero attached hydrogens (tertiary/aromatic N) is 3. The molecule has 1 aromatic carbocycles. The zero-order valence-electron chi connectivity index (χ0n) is 22.7. The fraction of sp³-hybridized carbons (Fsp3) is 0.345. The number of sulfonamides is 1. The molecular weight excluding hydrogens is 550 g/mol. The number of esters is 1. The number of furan rings is 2. The molecule has 1 fully saturated rings. The normalized spacial score (nSPS) is 19.8. The van der Waals surface area contributed by atoms with E-state index in [1.807, 2.05) is 12.1 Å². The second-order valence-electron chi connectivity index (χ2n) is 9.71. The second-order valence-corrected chi connectivity index (χ2v) is 11.6. The highest BCUT2D eigenvalue weighted by atomic mass is 32.2. The summed E-state index contributed by atoms with van der Waals surface area (Å²) in [6.07, 6.45) is 7.47. The summed E-state index contributed by atoms with van der Waals surface area (Å²) in [7, 11) is -3.89. The van der Waals surface area contributed by atoms with Crippen LogP contribution in [0.5, 0.6) is 5.75 Å². The zero-order valence-corrected chi connectivity index (χ0v) is 23.5. The predicted octanol–water partition coefficient (Wildman–Crippen LogP) is 4.59. The van der Waals surface area contributed by atoms with E-state index >= 15 is 0 Å². The van der Waals surface area contributed by atoms with Gasteiger partial charge in [0.05, 0.1) is 23.1 Å². The number of benzene rings is 1. The van der Waals surface area contributed by atoms with E-state index in [0.29, 0.717) is 11.5 Å². The van der Waals surface area contributed by atoms with Crippen LogP contribution in [-0.2, 0) is 19.6 Å². The molecule has 0 saturated heterocycles.